The van der Waals surface area contributed by atoms with Gasteiger partial charge < -0.3 is 9.32 Å². The summed E-state index contributed by atoms with van der Waals surface area (Å²) in [5, 5.41) is 0. The summed E-state index contributed by atoms with van der Waals surface area (Å²) in [7, 11) is 4.26. The van der Waals surface area contributed by atoms with Crippen molar-refractivity contribution in [3.8, 4) is 0 Å². The molecule has 3 N–H and O–H groups in total. The molecule has 20 heavy (non-hydrogen) atoms. The minimum Gasteiger partial charge on any atom is -0.454 e. The van der Waals surface area contributed by atoms with E-state index in [1.165, 1.54) is 12.8 Å². The Balaban J connectivity index is 1.97. The molecule has 0 spiro atoms. The Morgan fingerprint density at radius 2 is 2.20 bits per heavy atom. The second-order valence-electron chi connectivity index (χ2n) is 5.65. The SMILES string of the molecule is Cc1cc(CN(C)C2CCN(C)CC2)oc1C(=O)NN. The highest BCUT2D eigenvalue weighted by atomic mass is 16.4. The summed E-state index contributed by atoms with van der Waals surface area (Å²) in [4.78, 5) is 16.2. The van der Waals surface area contributed by atoms with Crippen molar-refractivity contribution in [2.75, 3.05) is 27.2 Å². The normalized spacial score (nSPS) is 17.6. The molecule has 112 valence electrons. The van der Waals surface area contributed by atoms with Gasteiger partial charge in [-0.3, -0.25) is 15.1 Å². The minimum absolute atomic E-state index is 0.305. The number of rotatable bonds is 4. The third-order valence-corrected chi connectivity index (χ3v) is 4.02. The number of nitrogens with zero attached hydrogens (tertiary/aromatic N) is 2. The quantitative estimate of drug-likeness (QED) is 0.483. The number of hydrogen-bond donors (Lipinski definition) is 2. The van der Waals surface area contributed by atoms with Gasteiger partial charge in [-0.1, -0.05) is 0 Å². The van der Waals surface area contributed by atoms with Gasteiger partial charge in [0, 0.05) is 11.6 Å². The fourth-order valence-corrected chi connectivity index (χ4v) is 2.73. The number of nitrogen functional groups attached to an aromatic ring is 1. The standard InChI is InChI=1S/C14H24N4O2/c1-10-8-12(20-13(10)14(19)16-15)9-18(3)11-4-6-17(2)7-5-11/h8,11H,4-7,9,15H2,1-3H3,(H,16,19). The van der Waals surface area contributed by atoms with Crippen molar-refractivity contribution in [1.82, 2.24) is 15.2 Å². The predicted molar refractivity (Wildman–Crippen MR) is 77.1 cm³/mol. The zero-order valence-corrected chi connectivity index (χ0v) is 12.5. The zero-order chi connectivity index (χ0) is 14.7. The van der Waals surface area contributed by atoms with Crippen LogP contribution >= 0.6 is 0 Å². The molecule has 0 atom stereocenters. The number of hydrazine groups is 1. The van der Waals surface area contributed by atoms with Crippen molar-refractivity contribution in [2.24, 2.45) is 5.84 Å². The summed E-state index contributed by atoms with van der Waals surface area (Å²) in [5.41, 5.74) is 2.92. The highest BCUT2D eigenvalue weighted by Crippen LogP contribution is 2.20. The van der Waals surface area contributed by atoms with Crippen molar-refractivity contribution >= 4 is 5.91 Å². The topological polar surface area (TPSA) is 74.7 Å². The van der Waals surface area contributed by atoms with E-state index in [0.717, 1.165) is 24.4 Å². The molecule has 1 fully saturated rings. The molecule has 1 saturated heterocycles. The second kappa shape index (κ2) is 6.39. The van der Waals surface area contributed by atoms with Crippen molar-refractivity contribution in [1.29, 1.82) is 0 Å². The molecule has 0 aliphatic carbocycles. The number of carbonyl (C=O) groups is 1. The van der Waals surface area contributed by atoms with Crippen LogP contribution in [-0.2, 0) is 6.54 Å². The van der Waals surface area contributed by atoms with E-state index in [4.69, 9.17) is 10.3 Å². The van der Waals surface area contributed by atoms with Gasteiger partial charge in [-0.15, -0.1) is 0 Å². The van der Waals surface area contributed by atoms with Crippen LogP contribution in [0.25, 0.3) is 0 Å². The third kappa shape index (κ3) is 3.39. The monoisotopic (exact) mass is 280 g/mol. The molecule has 2 heterocycles. The van der Waals surface area contributed by atoms with Gasteiger partial charge in [0.15, 0.2) is 5.76 Å². The van der Waals surface area contributed by atoms with E-state index in [1.54, 1.807) is 0 Å². The van der Waals surface area contributed by atoms with Crippen molar-refractivity contribution in [3.05, 3.63) is 23.2 Å². The van der Waals surface area contributed by atoms with E-state index in [9.17, 15) is 4.79 Å². The maximum atomic E-state index is 11.5. The minimum atomic E-state index is -0.379. The van der Waals surface area contributed by atoms with Gasteiger partial charge in [0.05, 0.1) is 6.54 Å². The van der Waals surface area contributed by atoms with Crippen LogP contribution in [0.2, 0.25) is 0 Å². The number of hydrogen-bond acceptors (Lipinski definition) is 5. The van der Waals surface area contributed by atoms with Gasteiger partial charge in [0.1, 0.15) is 5.76 Å². The summed E-state index contributed by atoms with van der Waals surface area (Å²) in [5.74, 6) is 5.87. The molecule has 6 heteroatoms. The van der Waals surface area contributed by atoms with Gasteiger partial charge >= 0.3 is 5.91 Å². The molecule has 1 amide bonds. The molecule has 1 aliphatic heterocycles. The Morgan fingerprint density at radius 3 is 2.80 bits per heavy atom. The first-order chi connectivity index (χ1) is 9.51. The van der Waals surface area contributed by atoms with Crippen LogP contribution in [-0.4, -0.2) is 48.9 Å². The molecule has 2 rings (SSSR count). The van der Waals surface area contributed by atoms with Gasteiger partial charge in [-0.25, -0.2) is 5.84 Å². The highest BCUT2D eigenvalue weighted by molar-refractivity contribution is 5.92. The van der Waals surface area contributed by atoms with E-state index >= 15 is 0 Å². The first-order valence-electron chi connectivity index (χ1n) is 7.00. The van der Waals surface area contributed by atoms with Crippen LogP contribution in [0.5, 0.6) is 0 Å². The fourth-order valence-electron chi connectivity index (χ4n) is 2.73. The van der Waals surface area contributed by atoms with E-state index in [0.29, 0.717) is 18.3 Å². The molecule has 0 saturated carbocycles. The van der Waals surface area contributed by atoms with Gasteiger partial charge in [0.25, 0.3) is 0 Å². The molecule has 1 aliphatic rings. The van der Waals surface area contributed by atoms with Crippen molar-refractivity contribution in [2.45, 2.75) is 32.4 Å². The first-order valence-corrected chi connectivity index (χ1v) is 7.00. The summed E-state index contributed by atoms with van der Waals surface area (Å²) in [6, 6.07) is 2.49. The molecular formula is C14H24N4O2. The fraction of sp³-hybridized carbons (Fsp3) is 0.643. The largest absolute Gasteiger partial charge is 0.454 e. The number of piperidine rings is 1. The number of aryl methyl sites for hydroxylation is 1. The molecule has 1 aromatic rings. The van der Waals surface area contributed by atoms with Crippen LogP contribution in [0.4, 0.5) is 0 Å². The number of amides is 1. The summed E-state index contributed by atoms with van der Waals surface area (Å²) in [6.45, 7) is 4.83. The lowest BCUT2D eigenvalue weighted by molar-refractivity contribution is 0.0917. The second-order valence-corrected chi connectivity index (χ2v) is 5.65. The Bertz CT molecular complexity index is 464. The number of nitrogens with one attached hydrogen (secondary N) is 1. The molecule has 1 aromatic heterocycles. The van der Waals surface area contributed by atoms with E-state index < -0.39 is 0 Å². The number of carbonyl (C=O) groups excluding carboxylic acids is 1. The van der Waals surface area contributed by atoms with Crippen LogP contribution in [0, 0.1) is 6.92 Å². The first kappa shape index (κ1) is 15.0. The molecule has 0 bridgehead atoms. The van der Waals surface area contributed by atoms with Crippen LogP contribution in [0.1, 0.15) is 34.7 Å². The summed E-state index contributed by atoms with van der Waals surface area (Å²) >= 11 is 0. The molecule has 0 unspecified atom stereocenters. The van der Waals surface area contributed by atoms with E-state index in [1.807, 2.05) is 13.0 Å². The van der Waals surface area contributed by atoms with Crippen molar-refractivity contribution < 1.29 is 9.21 Å². The molecule has 6 nitrogen and oxygen atoms in total. The van der Waals surface area contributed by atoms with E-state index in [-0.39, 0.29) is 5.91 Å². The lowest BCUT2D eigenvalue weighted by atomic mass is 10.0. The van der Waals surface area contributed by atoms with Crippen LogP contribution < -0.4 is 11.3 Å². The smallest absolute Gasteiger partial charge is 0.301 e. The van der Waals surface area contributed by atoms with Gasteiger partial charge in [-0.2, -0.15) is 0 Å². The Morgan fingerprint density at radius 1 is 1.55 bits per heavy atom. The van der Waals surface area contributed by atoms with E-state index in [2.05, 4.69) is 29.3 Å². The summed E-state index contributed by atoms with van der Waals surface area (Å²) in [6.07, 6.45) is 2.34. The van der Waals surface area contributed by atoms with Gasteiger partial charge in [-0.05, 0) is 53.0 Å². The Hall–Kier alpha value is -1.37. The highest BCUT2D eigenvalue weighted by Gasteiger charge is 2.22. The molecule has 0 aromatic carbocycles. The summed E-state index contributed by atoms with van der Waals surface area (Å²) < 4.78 is 5.61. The number of likely N-dealkylation sites (tertiary alicyclic amines) is 1. The van der Waals surface area contributed by atoms with Crippen molar-refractivity contribution in [3.63, 3.8) is 0 Å². The lowest BCUT2D eigenvalue weighted by Crippen LogP contribution is -2.41. The third-order valence-electron chi connectivity index (χ3n) is 4.02. The Labute approximate surface area is 119 Å². The van der Waals surface area contributed by atoms with Gasteiger partial charge in [0.2, 0.25) is 0 Å². The Kier molecular flexibility index (Phi) is 4.80. The average molecular weight is 280 g/mol. The average Bonchev–Trinajstić information content (AvgIpc) is 2.79. The number of nitrogens with two attached hydrogens (primary N) is 1. The zero-order valence-electron chi connectivity index (χ0n) is 12.5. The maximum Gasteiger partial charge on any atom is 0.301 e. The predicted octanol–water partition coefficient (Wildman–Crippen LogP) is 0.718. The molecule has 0 radical (unpaired) electrons. The van der Waals surface area contributed by atoms with Crippen LogP contribution in [0.3, 0.4) is 0 Å². The van der Waals surface area contributed by atoms with Crippen LogP contribution in [0.15, 0.2) is 10.5 Å². The maximum absolute atomic E-state index is 11.5. The number of furan rings is 1. The molecular weight excluding hydrogens is 256 g/mol. The lowest BCUT2D eigenvalue weighted by Gasteiger charge is -2.34.